The topological polar surface area (TPSA) is 149 Å². The fourth-order valence-electron chi connectivity index (χ4n) is 12.4. The van der Waals surface area contributed by atoms with Crippen LogP contribution in [-0.4, -0.2) is 87.5 Å². The Kier molecular flexibility index (Phi) is 68.6. The minimum absolute atomic E-state index is 0.187. The van der Waals surface area contributed by atoms with Gasteiger partial charge in [-0.15, -0.1) is 0 Å². The summed E-state index contributed by atoms with van der Waals surface area (Å²) in [6.45, 7) is 3.69. The summed E-state index contributed by atoms with van der Waals surface area (Å²) in [6.07, 6.45) is 101. The highest BCUT2D eigenvalue weighted by Crippen LogP contribution is 2.24. The van der Waals surface area contributed by atoms with Gasteiger partial charge in [-0.25, -0.2) is 0 Å². The molecule has 1 heterocycles. The minimum atomic E-state index is -1.58. The number of rotatable bonds is 70. The zero-order chi connectivity index (χ0) is 67.8. The Hall–Kier alpha value is -3.15. The molecule has 94 heavy (non-hydrogen) atoms. The van der Waals surface area contributed by atoms with E-state index in [1.807, 2.05) is 6.08 Å². The molecular formula is C85H151NO8. The van der Waals surface area contributed by atoms with Gasteiger partial charge in [0.1, 0.15) is 24.4 Å². The van der Waals surface area contributed by atoms with E-state index in [1.165, 1.54) is 263 Å². The molecule has 6 N–H and O–H groups in total. The second-order valence-electron chi connectivity index (χ2n) is 27.5. The molecule has 9 nitrogen and oxygen atoms in total. The van der Waals surface area contributed by atoms with Crippen molar-refractivity contribution in [3.8, 4) is 0 Å². The Balaban J connectivity index is 2.10. The van der Waals surface area contributed by atoms with Crippen LogP contribution in [0.5, 0.6) is 0 Å². The highest BCUT2D eigenvalue weighted by molar-refractivity contribution is 5.76. The zero-order valence-corrected chi connectivity index (χ0v) is 61.2. The molecular weight excluding hydrogens is 1160 g/mol. The fraction of sp³-hybridized carbons (Fsp3) is 0.776. The number of carbonyl (C=O) groups excluding carboxylic acids is 1. The molecule has 0 aromatic heterocycles. The molecule has 0 radical (unpaired) electrons. The van der Waals surface area contributed by atoms with Gasteiger partial charge in [0.2, 0.25) is 5.91 Å². The number of nitrogens with one attached hydrogen (secondary N) is 1. The smallest absolute Gasteiger partial charge is 0.220 e. The second kappa shape index (κ2) is 72.6. The van der Waals surface area contributed by atoms with Crippen LogP contribution in [0.15, 0.2) is 109 Å². The van der Waals surface area contributed by atoms with Gasteiger partial charge < -0.3 is 40.3 Å². The standard InChI is InChI=1S/C85H151NO8/c1-3-5-7-9-11-13-15-17-19-21-23-25-27-29-31-33-35-37-38-39-40-41-42-43-45-47-49-51-53-55-57-59-61-63-65-67-69-71-73-75-81(89)86-78(77-93-85-84(92)83(91)82(90)80(76-87)94-85)79(88)74-72-70-68-66-64-62-60-58-56-54-52-50-48-46-44-36-34-32-30-28-26-24-22-20-18-16-14-12-10-8-6-4-2/h5,7,11,13,17,19,23,25,29,31,35,37,56,58,64,66,72,74,78-80,82-85,87-88,90-92H,3-4,6,8-10,12,14-16,18,20-22,24,26-28,30,32-34,36,38-55,57,59-63,65,67-71,73,75-77H2,1-2H3,(H,86,89)/b7-5-,13-11-,19-17-,25-23-,31-29-,37-35-,58-56+,66-64+,74-72+. The van der Waals surface area contributed by atoms with Gasteiger partial charge in [0.25, 0.3) is 0 Å². The minimum Gasteiger partial charge on any atom is -0.394 e. The van der Waals surface area contributed by atoms with E-state index in [0.717, 1.165) is 83.5 Å². The predicted molar refractivity (Wildman–Crippen MR) is 405 cm³/mol. The molecule has 1 aliphatic rings. The normalized spacial score (nSPS) is 18.1. The third kappa shape index (κ3) is 60.1. The molecule has 1 saturated heterocycles. The molecule has 1 fully saturated rings. The fourth-order valence-corrected chi connectivity index (χ4v) is 12.4. The summed E-state index contributed by atoms with van der Waals surface area (Å²) in [5, 5.41) is 54.9. The van der Waals surface area contributed by atoms with E-state index >= 15 is 0 Å². The Labute approximate surface area is 580 Å². The molecule has 0 saturated carbocycles. The van der Waals surface area contributed by atoms with Crippen molar-refractivity contribution in [3.63, 3.8) is 0 Å². The van der Waals surface area contributed by atoms with Crippen molar-refractivity contribution < 1.29 is 39.8 Å². The number of aliphatic hydroxyl groups is 5. The zero-order valence-electron chi connectivity index (χ0n) is 61.2. The number of ether oxygens (including phenoxy) is 2. The molecule has 1 amide bonds. The second-order valence-corrected chi connectivity index (χ2v) is 27.5. The number of aliphatic hydroxyl groups excluding tert-OH is 5. The quantitative estimate of drug-likeness (QED) is 0.0261. The SMILES string of the molecule is CC/C=C\C/C=C\C/C=C\C/C=C\C/C=C\C/C=C\CCCCCCCCCCCCCCCCCCCCCCC(=O)NC(COC1OC(CO)C(O)C(O)C1O)C(O)/C=C/CC/C=C/CC/C=C/CCCCCCCCCCCCCCCCCCCCCCCC. The average Bonchev–Trinajstić information content (AvgIpc) is 0.829. The van der Waals surface area contributed by atoms with E-state index in [1.54, 1.807) is 6.08 Å². The number of amides is 1. The lowest BCUT2D eigenvalue weighted by Crippen LogP contribution is -2.60. The van der Waals surface area contributed by atoms with Gasteiger partial charge in [-0.3, -0.25) is 4.79 Å². The predicted octanol–water partition coefficient (Wildman–Crippen LogP) is 23.1. The number of hydrogen-bond acceptors (Lipinski definition) is 8. The first kappa shape index (κ1) is 88.9. The summed E-state index contributed by atoms with van der Waals surface area (Å²) in [6, 6.07) is -0.835. The van der Waals surface area contributed by atoms with Crippen LogP contribution in [0.25, 0.3) is 0 Å². The summed E-state index contributed by atoms with van der Waals surface area (Å²) in [5.41, 5.74) is 0. The first-order valence-corrected chi connectivity index (χ1v) is 40.1. The number of carbonyl (C=O) groups is 1. The first-order chi connectivity index (χ1) is 46.3. The van der Waals surface area contributed by atoms with Crippen LogP contribution in [-0.2, 0) is 14.3 Å². The van der Waals surface area contributed by atoms with Crippen molar-refractivity contribution in [3.05, 3.63) is 109 Å². The highest BCUT2D eigenvalue weighted by atomic mass is 16.7. The van der Waals surface area contributed by atoms with Gasteiger partial charge in [-0.2, -0.15) is 0 Å². The lowest BCUT2D eigenvalue weighted by Gasteiger charge is -2.40. The summed E-state index contributed by atoms with van der Waals surface area (Å²) < 4.78 is 11.3. The Bertz CT molecular complexity index is 1870. The summed E-state index contributed by atoms with van der Waals surface area (Å²) >= 11 is 0. The van der Waals surface area contributed by atoms with Crippen LogP contribution in [0.2, 0.25) is 0 Å². The van der Waals surface area contributed by atoms with Crippen LogP contribution in [0.1, 0.15) is 367 Å². The molecule has 1 rings (SSSR count). The van der Waals surface area contributed by atoms with E-state index in [4.69, 9.17) is 9.47 Å². The maximum atomic E-state index is 13.2. The molecule has 1 aliphatic heterocycles. The molecule has 7 atom stereocenters. The first-order valence-electron chi connectivity index (χ1n) is 40.1. The van der Waals surface area contributed by atoms with Gasteiger partial charge in [0.05, 0.1) is 25.4 Å². The molecule has 7 unspecified atom stereocenters. The Morgan fingerprint density at radius 2 is 0.670 bits per heavy atom. The van der Waals surface area contributed by atoms with Crippen molar-refractivity contribution in [2.75, 3.05) is 13.2 Å². The largest absolute Gasteiger partial charge is 0.394 e. The lowest BCUT2D eigenvalue weighted by atomic mass is 9.99. The highest BCUT2D eigenvalue weighted by Gasteiger charge is 2.44. The van der Waals surface area contributed by atoms with E-state index < -0.39 is 49.5 Å². The van der Waals surface area contributed by atoms with E-state index in [2.05, 4.69) is 116 Å². The van der Waals surface area contributed by atoms with Crippen LogP contribution >= 0.6 is 0 Å². The lowest BCUT2D eigenvalue weighted by molar-refractivity contribution is -0.302. The van der Waals surface area contributed by atoms with Gasteiger partial charge in [-0.05, 0) is 96.3 Å². The number of allylic oxidation sites excluding steroid dienone is 17. The van der Waals surface area contributed by atoms with Crippen LogP contribution in [0, 0.1) is 0 Å². The molecule has 0 spiro atoms. The Morgan fingerprint density at radius 1 is 0.372 bits per heavy atom. The Morgan fingerprint density at radius 3 is 1.02 bits per heavy atom. The van der Waals surface area contributed by atoms with Crippen molar-refractivity contribution in [1.82, 2.24) is 5.32 Å². The van der Waals surface area contributed by atoms with Crippen molar-refractivity contribution in [2.45, 2.75) is 410 Å². The molecule has 544 valence electrons. The summed E-state index contributed by atoms with van der Waals surface area (Å²) in [5.74, 6) is -0.187. The molecule has 9 heteroatoms. The molecule has 0 aromatic carbocycles. The monoisotopic (exact) mass is 1310 g/mol. The summed E-state index contributed by atoms with van der Waals surface area (Å²) in [7, 11) is 0. The molecule has 0 aliphatic carbocycles. The van der Waals surface area contributed by atoms with Crippen LogP contribution in [0.4, 0.5) is 0 Å². The van der Waals surface area contributed by atoms with E-state index in [-0.39, 0.29) is 12.5 Å². The number of unbranched alkanes of at least 4 members (excludes halogenated alkanes) is 44. The van der Waals surface area contributed by atoms with Crippen molar-refractivity contribution in [2.24, 2.45) is 0 Å². The maximum Gasteiger partial charge on any atom is 0.220 e. The third-order valence-electron chi connectivity index (χ3n) is 18.6. The molecule has 0 bridgehead atoms. The van der Waals surface area contributed by atoms with Gasteiger partial charge >= 0.3 is 0 Å². The van der Waals surface area contributed by atoms with E-state index in [9.17, 15) is 30.3 Å². The van der Waals surface area contributed by atoms with Crippen LogP contribution < -0.4 is 5.32 Å². The maximum absolute atomic E-state index is 13.2. The number of hydrogen-bond donors (Lipinski definition) is 6. The molecule has 0 aromatic rings. The van der Waals surface area contributed by atoms with Gasteiger partial charge in [-0.1, -0.05) is 374 Å². The van der Waals surface area contributed by atoms with Gasteiger partial charge in [0.15, 0.2) is 6.29 Å². The summed E-state index contributed by atoms with van der Waals surface area (Å²) in [4.78, 5) is 13.2. The van der Waals surface area contributed by atoms with Crippen molar-refractivity contribution >= 4 is 5.91 Å². The van der Waals surface area contributed by atoms with E-state index in [0.29, 0.717) is 6.42 Å². The van der Waals surface area contributed by atoms with Gasteiger partial charge in [0, 0.05) is 6.42 Å². The van der Waals surface area contributed by atoms with Crippen molar-refractivity contribution in [1.29, 1.82) is 0 Å². The van der Waals surface area contributed by atoms with Crippen LogP contribution in [0.3, 0.4) is 0 Å². The third-order valence-corrected chi connectivity index (χ3v) is 18.6. The average molecular weight is 1320 g/mol.